The second-order valence-electron chi connectivity index (χ2n) is 6.71. The SMILES string of the molecule is CCC(C)C(=O)NCC(=O)NC(CC(=O)OC(C)C)c1ccccc1[N+](=O)[O-]. The van der Waals surface area contributed by atoms with E-state index >= 15 is 0 Å². The maximum Gasteiger partial charge on any atom is 0.308 e. The number of nitrogens with one attached hydrogen (secondary N) is 2. The Morgan fingerprint density at radius 2 is 1.82 bits per heavy atom. The van der Waals surface area contributed by atoms with Gasteiger partial charge in [-0.2, -0.15) is 0 Å². The van der Waals surface area contributed by atoms with Crippen LogP contribution in [0.5, 0.6) is 0 Å². The summed E-state index contributed by atoms with van der Waals surface area (Å²) in [4.78, 5) is 46.9. The lowest BCUT2D eigenvalue weighted by atomic mass is 10.0. The summed E-state index contributed by atoms with van der Waals surface area (Å²) in [5.41, 5.74) is -0.0244. The Hall–Kier alpha value is -2.97. The highest BCUT2D eigenvalue weighted by Gasteiger charge is 2.26. The Bertz CT molecular complexity index is 719. The molecule has 0 radical (unpaired) electrons. The maximum atomic E-state index is 12.3. The summed E-state index contributed by atoms with van der Waals surface area (Å²) >= 11 is 0. The van der Waals surface area contributed by atoms with Gasteiger partial charge in [-0.3, -0.25) is 24.5 Å². The predicted molar refractivity (Wildman–Crippen MR) is 102 cm³/mol. The van der Waals surface area contributed by atoms with Crippen LogP contribution < -0.4 is 10.6 Å². The number of esters is 1. The van der Waals surface area contributed by atoms with Crippen LogP contribution in [0.1, 0.15) is 52.1 Å². The van der Waals surface area contributed by atoms with Crippen LogP contribution in [0.4, 0.5) is 5.69 Å². The molecule has 1 rings (SSSR count). The van der Waals surface area contributed by atoms with Crippen molar-refractivity contribution in [1.82, 2.24) is 10.6 Å². The lowest BCUT2D eigenvalue weighted by Gasteiger charge is -2.20. The van der Waals surface area contributed by atoms with Gasteiger partial charge in [0.15, 0.2) is 0 Å². The van der Waals surface area contributed by atoms with Gasteiger partial charge < -0.3 is 15.4 Å². The molecule has 0 spiro atoms. The average Bonchev–Trinajstić information content (AvgIpc) is 2.64. The molecule has 0 aromatic heterocycles. The van der Waals surface area contributed by atoms with Crippen molar-refractivity contribution in [2.45, 2.75) is 52.7 Å². The number of rotatable bonds is 10. The molecule has 0 fully saturated rings. The summed E-state index contributed by atoms with van der Waals surface area (Å²) in [5.74, 6) is -1.65. The molecule has 1 aromatic carbocycles. The number of amides is 2. The van der Waals surface area contributed by atoms with Crippen molar-refractivity contribution < 1.29 is 24.0 Å². The van der Waals surface area contributed by atoms with E-state index in [2.05, 4.69) is 10.6 Å². The van der Waals surface area contributed by atoms with Crippen LogP contribution in [0.25, 0.3) is 0 Å². The van der Waals surface area contributed by atoms with Crippen LogP contribution in [0, 0.1) is 16.0 Å². The second-order valence-corrected chi connectivity index (χ2v) is 6.71. The van der Waals surface area contributed by atoms with Crippen LogP contribution in [0.2, 0.25) is 0 Å². The van der Waals surface area contributed by atoms with E-state index < -0.39 is 22.8 Å². The highest BCUT2D eigenvalue weighted by molar-refractivity contribution is 5.86. The number of carbonyl (C=O) groups is 3. The van der Waals surface area contributed by atoms with Crippen molar-refractivity contribution in [2.75, 3.05) is 6.54 Å². The molecule has 9 heteroatoms. The number of ether oxygens (including phenoxy) is 1. The van der Waals surface area contributed by atoms with Gasteiger partial charge in [-0.1, -0.05) is 32.0 Å². The van der Waals surface area contributed by atoms with Crippen molar-refractivity contribution in [3.63, 3.8) is 0 Å². The van der Waals surface area contributed by atoms with E-state index in [1.807, 2.05) is 6.92 Å². The fourth-order valence-electron chi connectivity index (χ4n) is 2.44. The number of nitro groups is 1. The summed E-state index contributed by atoms with van der Waals surface area (Å²) in [6, 6.07) is 4.90. The Morgan fingerprint density at radius 3 is 2.39 bits per heavy atom. The zero-order valence-corrected chi connectivity index (χ0v) is 16.6. The van der Waals surface area contributed by atoms with Crippen LogP contribution in [-0.4, -0.2) is 35.4 Å². The third-order valence-corrected chi connectivity index (χ3v) is 4.07. The number of carbonyl (C=O) groups excluding carboxylic acids is 3. The first-order valence-electron chi connectivity index (χ1n) is 9.15. The van der Waals surface area contributed by atoms with Crippen molar-refractivity contribution in [2.24, 2.45) is 5.92 Å². The molecule has 0 saturated carbocycles. The third kappa shape index (κ3) is 7.34. The molecular formula is C19H27N3O6. The Morgan fingerprint density at radius 1 is 1.18 bits per heavy atom. The highest BCUT2D eigenvalue weighted by atomic mass is 16.6. The van der Waals surface area contributed by atoms with Gasteiger partial charge >= 0.3 is 5.97 Å². The van der Waals surface area contributed by atoms with Gasteiger partial charge in [-0.05, 0) is 20.3 Å². The number of para-hydroxylation sites is 1. The highest BCUT2D eigenvalue weighted by Crippen LogP contribution is 2.27. The summed E-state index contributed by atoms with van der Waals surface area (Å²) in [6.45, 7) is 6.67. The summed E-state index contributed by atoms with van der Waals surface area (Å²) in [5, 5.41) is 16.4. The van der Waals surface area contributed by atoms with E-state index in [-0.39, 0.29) is 42.1 Å². The van der Waals surface area contributed by atoms with Gasteiger partial charge in [-0.25, -0.2) is 0 Å². The van der Waals surface area contributed by atoms with Crippen LogP contribution in [0.3, 0.4) is 0 Å². The molecule has 2 N–H and O–H groups in total. The lowest BCUT2D eigenvalue weighted by Crippen LogP contribution is -2.41. The largest absolute Gasteiger partial charge is 0.463 e. The predicted octanol–water partition coefficient (Wildman–Crippen LogP) is 2.26. The molecule has 0 heterocycles. The smallest absolute Gasteiger partial charge is 0.308 e. The van der Waals surface area contributed by atoms with Gasteiger partial charge in [0, 0.05) is 12.0 Å². The monoisotopic (exact) mass is 393 g/mol. The van der Waals surface area contributed by atoms with E-state index in [0.717, 1.165) is 0 Å². The topological polar surface area (TPSA) is 128 Å². The van der Waals surface area contributed by atoms with E-state index in [0.29, 0.717) is 6.42 Å². The summed E-state index contributed by atoms with van der Waals surface area (Å²) in [7, 11) is 0. The first-order chi connectivity index (χ1) is 13.1. The third-order valence-electron chi connectivity index (χ3n) is 4.07. The normalized spacial score (nSPS) is 12.8. The molecular weight excluding hydrogens is 366 g/mol. The Labute approximate surface area is 164 Å². The van der Waals surface area contributed by atoms with E-state index in [1.54, 1.807) is 26.8 Å². The lowest BCUT2D eigenvalue weighted by molar-refractivity contribution is -0.385. The van der Waals surface area contributed by atoms with Crippen LogP contribution >= 0.6 is 0 Å². The van der Waals surface area contributed by atoms with Gasteiger partial charge in [0.1, 0.15) is 0 Å². The minimum Gasteiger partial charge on any atom is -0.463 e. The minimum atomic E-state index is -0.958. The van der Waals surface area contributed by atoms with Gasteiger partial charge in [0.05, 0.1) is 35.6 Å². The minimum absolute atomic E-state index is 0.190. The fraction of sp³-hybridized carbons (Fsp3) is 0.526. The summed E-state index contributed by atoms with van der Waals surface area (Å²) < 4.78 is 5.10. The molecule has 0 bridgehead atoms. The van der Waals surface area contributed by atoms with Gasteiger partial charge in [0.2, 0.25) is 11.8 Å². The molecule has 9 nitrogen and oxygen atoms in total. The molecule has 0 saturated heterocycles. The molecule has 2 atom stereocenters. The zero-order chi connectivity index (χ0) is 21.3. The molecule has 154 valence electrons. The van der Waals surface area contributed by atoms with Gasteiger partial charge in [-0.15, -0.1) is 0 Å². The maximum absolute atomic E-state index is 12.3. The first kappa shape index (κ1) is 23.1. The van der Waals surface area contributed by atoms with Gasteiger partial charge in [0.25, 0.3) is 5.69 Å². The number of hydrogen-bond acceptors (Lipinski definition) is 6. The Balaban J connectivity index is 2.96. The zero-order valence-electron chi connectivity index (χ0n) is 16.6. The average molecular weight is 393 g/mol. The first-order valence-corrected chi connectivity index (χ1v) is 9.15. The molecule has 1 aromatic rings. The van der Waals surface area contributed by atoms with Crippen LogP contribution in [-0.2, 0) is 19.1 Å². The second kappa shape index (κ2) is 11.0. The number of nitro benzene ring substituents is 1. The summed E-state index contributed by atoms with van der Waals surface area (Å²) in [6.07, 6.45) is 0.00550. The van der Waals surface area contributed by atoms with E-state index in [1.165, 1.54) is 18.2 Å². The fourth-order valence-corrected chi connectivity index (χ4v) is 2.44. The van der Waals surface area contributed by atoms with E-state index in [9.17, 15) is 24.5 Å². The molecule has 2 amide bonds. The van der Waals surface area contributed by atoms with Crippen molar-refractivity contribution in [3.05, 3.63) is 39.9 Å². The molecule has 28 heavy (non-hydrogen) atoms. The molecule has 0 aliphatic rings. The van der Waals surface area contributed by atoms with Crippen molar-refractivity contribution >= 4 is 23.5 Å². The van der Waals surface area contributed by atoms with Crippen molar-refractivity contribution in [1.29, 1.82) is 0 Å². The molecule has 0 aliphatic heterocycles. The molecule has 0 aliphatic carbocycles. The molecule has 2 unspecified atom stereocenters. The van der Waals surface area contributed by atoms with E-state index in [4.69, 9.17) is 4.74 Å². The number of nitrogens with zero attached hydrogens (tertiary/aromatic N) is 1. The Kier molecular flexibility index (Phi) is 9.07. The van der Waals surface area contributed by atoms with Crippen LogP contribution in [0.15, 0.2) is 24.3 Å². The van der Waals surface area contributed by atoms with Crippen molar-refractivity contribution in [3.8, 4) is 0 Å². The number of benzene rings is 1. The quantitative estimate of drug-likeness (QED) is 0.356. The number of hydrogen-bond donors (Lipinski definition) is 2. The standard InChI is InChI=1S/C19H27N3O6/c1-5-13(4)19(25)20-11-17(23)21-15(10-18(24)28-12(2)3)14-8-6-7-9-16(14)22(26)27/h6-9,12-13,15H,5,10-11H2,1-4H3,(H,20,25)(H,21,23).